The number of anilines is 1. The normalized spacial score (nSPS) is 22.5. The summed E-state index contributed by atoms with van der Waals surface area (Å²) in [6.07, 6.45) is 2.29. The third-order valence-corrected chi connectivity index (χ3v) is 7.97. The summed E-state index contributed by atoms with van der Waals surface area (Å²) in [6, 6.07) is 8.16. The average molecular weight is 510 g/mol. The fourth-order valence-corrected chi connectivity index (χ4v) is 5.92. The Bertz CT molecular complexity index is 1370. The molecule has 2 N–H and O–H groups in total. The van der Waals surface area contributed by atoms with Crippen molar-refractivity contribution in [1.82, 2.24) is 9.55 Å². The van der Waals surface area contributed by atoms with Crippen LogP contribution < -0.4 is 4.90 Å². The first-order valence-electron chi connectivity index (χ1n) is 12.8. The standard InChI is InChI=1S/C28H32FN3O5/c1-15-7-9-17(14-21(15)29)25(33)26-30-24-20-10-8-16(2)31(28(36)37-3)22(20)11-12-23(24)32(26)19-6-4-5-18(13-19)27(34)35/h7,9,11-12,14,16,18-19,25,33H,4-6,8,10,13H2,1-3H3,(H,34,35)/t16-,18?,19?,25?/m0/s1. The van der Waals surface area contributed by atoms with Crippen LogP contribution in [0.4, 0.5) is 14.9 Å². The summed E-state index contributed by atoms with van der Waals surface area (Å²) in [4.78, 5) is 31.0. The number of aliphatic hydroxyl groups is 1. The van der Waals surface area contributed by atoms with E-state index in [-0.39, 0.29) is 12.1 Å². The van der Waals surface area contributed by atoms with E-state index in [2.05, 4.69) is 0 Å². The number of fused-ring (bicyclic) bond motifs is 3. The van der Waals surface area contributed by atoms with Crippen molar-refractivity contribution < 1.29 is 28.9 Å². The van der Waals surface area contributed by atoms with Gasteiger partial charge in [0.15, 0.2) is 0 Å². The lowest BCUT2D eigenvalue weighted by Crippen LogP contribution is -2.42. The number of carboxylic acids is 1. The van der Waals surface area contributed by atoms with E-state index in [4.69, 9.17) is 9.72 Å². The van der Waals surface area contributed by atoms with Gasteiger partial charge in [0, 0.05) is 17.6 Å². The number of carbonyl (C=O) groups is 2. The summed E-state index contributed by atoms with van der Waals surface area (Å²) in [6.45, 7) is 3.63. The molecule has 1 saturated carbocycles. The van der Waals surface area contributed by atoms with E-state index in [0.717, 1.165) is 36.0 Å². The van der Waals surface area contributed by atoms with Gasteiger partial charge in [0.1, 0.15) is 17.7 Å². The first-order valence-corrected chi connectivity index (χ1v) is 12.8. The fraction of sp³-hybridized carbons (Fsp3) is 0.464. The Morgan fingerprint density at radius 2 is 1.97 bits per heavy atom. The number of aryl methyl sites for hydroxylation is 2. The molecule has 2 aromatic carbocycles. The summed E-state index contributed by atoms with van der Waals surface area (Å²) >= 11 is 0. The van der Waals surface area contributed by atoms with Crippen LogP contribution in [0.5, 0.6) is 0 Å². The van der Waals surface area contributed by atoms with Crippen molar-refractivity contribution in [2.24, 2.45) is 5.92 Å². The molecular formula is C28H32FN3O5. The van der Waals surface area contributed by atoms with Crippen molar-refractivity contribution >= 4 is 28.8 Å². The number of halogens is 1. The van der Waals surface area contributed by atoms with Gasteiger partial charge in [-0.1, -0.05) is 18.6 Å². The van der Waals surface area contributed by atoms with Gasteiger partial charge in [0.2, 0.25) is 0 Å². The van der Waals surface area contributed by atoms with Gasteiger partial charge in [-0.3, -0.25) is 9.69 Å². The van der Waals surface area contributed by atoms with Crippen LogP contribution in [-0.2, 0) is 16.0 Å². The average Bonchev–Trinajstić information content (AvgIpc) is 3.29. The largest absolute Gasteiger partial charge is 0.481 e. The molecule has 8 nitrogen and oxygen atoms in total. The summed E-state index contributed by atoms with van der Waals surface area (Å²) in [5.74, 6) is -1.36. The number of nitrogens with zero attached hydrogens (tertiary/aromatic N) is 3. The first-order chi connectivity index (χ1) is 17.7. The molecule has 3 aromatic rings. The van der Waals surface area contributed by atoms with E-state index in [9.17, 15) is 24.2 Å². The van der Waals surface area contributed by atoms with Crippen LogP contribution in [0.25, 0.3) is 11.0 Å². The zero-order valence-corrected chi connectivity index (χ0v) is 21.3. The van der Waals surface area contributed by atoms with Crippen LogP contribution in [-0.4, -0.2) is 45.0 Å². The molecule has 5 rings (SSSR count). The van der Waals surface area contributed by atoms with Crippen molar-refractivity contribution in [3.8, 4) is 0 Å². The van der Waals surface area contributed by atoms with E-state index in [1.165, 1.54) is 13.2 Å². The number of ether oxygens (including phenoxy) is 1. The molecule has 1 aliphatic carbocycles. The second kappa shape index (κ2) is 9.78. The Morgan fingerprint density at radius 1 is 1.19 bits per heavy atom. The highest BCUT2D eigenvalue weighted by Crippen LogP contribution is 2.42. The van der Waals surface area contributed by atoms with Crippen LogP contribution in [0.3, 0.4) is 0 Å². The molecule has 2 heterocycles. The topological polar surface area (TPSA) is 105 Å². The van der Waals surface area contributed by atoms with Crippen LogP contribution >= 0.6 is 0 Å². The SMILES string of the molecule is COC(=O)N1c2ccc3c(nc(C(O)c4ccc(C)c(F)c4)n3C3CCCC(C(=O)O)C3)c2CC[C@@H]1C. The molecule has 1 aliphatic heterocycles. The van der Waals surface area contributed by atoms with Crippen LogP contribution in [0, 0.1) is 18.7 Å². The minimum absolute atomic E-state index is 0.0465. The highest BCUT2D eigenvalue weighted by atomic mass is 19.1. The highest BCUT2D eigenvalue weighted by molar-refractivity contribution is 5.95. The zero-order valence-electron chi connectivity index (χ0n) is 21.3. The molecule has 0 spiro atoms. The Hall–Kier alpha value is -3.46. The minimum atomic E-state index is -1.21. The third-order valence-electron chi connectivity index (χ3n) is 7.97. The molecule has 0 bridgehead atoms. The van der Waals surface area contributed by atoms with Gasteiger partial charge in [-0.05, 0) is 75.3 Å². The lowest BCUT2D eigenvalue weighted by atomic mass is 9.85. The molecule has 1 aromatic heterocycles. The molecule has 1 fully saturated rings. The zero-order chi connectivity index (χ0) is 26.4. The number of aromatic nitrogens is 2. The van der Waals surface area contributed by atoms with E-state index in [0.29, 0.717) is 41.7 Å². The summed E-state index contributed by atoms with van der Waals surface area (Å²) in [5.41, 5.74) is 3.90. The molecule has 0 saturated heterocycles. The van der Waals surface area contributed by atoms with Gasteiger partial charge in [0.05, 0.1) is 29.7 Å². The molecular weight excluding hydrogens is 477 g/mol. The van der Waals surface area contributed by atoms with Crippen LogP contribution in [0.2, 0.25) is 0 Å². The van der Waals surface area contributed by atoms with E-state index < -0.39 is 29.9 Å². The number of carboxylic acid groups (broad SMARTS) is 1. The van der Waals surface area contributed by atoms with Crippen molar-refractivity contribution in [1.29, 1.82) is 0 Å². The lowest BCUT2D eigenvalue weighted by molar-refractivity contribution is -0.143. The van der Waals surface area contributed by atoms with Crippen molar-refractivity contribution in [3.05, 3.63) is 58.7 Å². The second-order valence-electron chi connectivity index (χ2n) is 10.3. The highest BCUT2D eigenvalue weighted by Gasteiger charge is 2.35. The number of hydrogen-bond acceptors (Lipinski definition) is 5. The number of amides is 1. The number of rotatable bonds is 4. The van der Waals surface area contributed by atoms with E-state index >= 15 is 0 Å². The molecule has 2 aliphatic rings. The second-order valence-corrected chi connectivity index (χ2v) is 10.3. The maximum absolute atomic E-state index is 14.4. The Kier molecular flexibility index (Phi) is 6.66. The number of aliphatic hydroxyl groups excluding tert-OH is 1. The Balaban J connectivity index is 1.70. The van der Waals surface area contributed by atoms with Crippen molar-refractivity contribution in [2.45, 2.75) is 70.6 Å². The number of hydrogen-bond donors (Lipinski definition) is 2. The Labute approximate surface area is 214 Å². The van der Waals surface area contributed by atoms with Crippen LogP contribution in [0.15, 0.2) is 30.3 Å². The molecule has 4 atom stereocenters. The number of carbonyl (C=O) groups excluding carboxylic acids is 1. The minimum Gasteiger partial charge on any atom is -0.481 e. The third kappa shape index (κ3) is 4.35. The smallest absolute Gasteiger partial charge is 0.414 e. The molecule has 37 heavy (non-hydrogen) atoms. The molecule has 3 unspecified atom stereocenters. The van der Waals surface area contributed by atoms with Gasteiger partial charge in [0.25, 0.3) is 0 Å². The predicted octanol–water partition coefficient (Wildman–Crippen LogP) is 5.29. The number of aliphatic carboxylic acids is 1. The van der Waals surface area contributed by atoms with Crippen molar-refractivity contribution in [3.63, 3.8) is 0 Å². The summed E-state index contributed by atoms with van der Waals surface area (Å²) in [7, 11) is 1.35. The molecule has 196 valence electrons. The monoisotopic (exact) mass is 509 g/mol. The van der Waals surface area contributed by atoms with Gasteiger partial charge < -0.3 is 19.5 Å². The van der Waals surface area contributed by atoms with E-state index in [1.807, 2.05) is 23.6 Å². The summed E-state index contributed by atoms with van der Waals surface area (Å²) < 4.78 is 21.4. The lowest BCUT2D eigenvalue weighted by Gasteiger charge is -2.34. The van der Waals surface area contributed by atoms with Gasteiger partial charge in [-0.25, -0.2) is 14.2 Å². The predicted molar refractivity (Wildman–Crippen MR) is 136 cm³/mol. The molecule has 9 heteroatoms. The fourth-order valence-electron chi connectivity index (χ4n) is 5.92. The molecule has 0 radical (unpaired) electrons. The summed E-state index contributed by atoms with van der Waals surface area (Å²) in [5, 5.41) is 21.2. The first kappa shape index (κ1) is 25.2. The quantitative estimate of drug-likeness (QED) is 0.495. The Morgan fingerprint density at radius 3 is 2.68 bits per heavy atom. The number of methoxy groups -OCH3 is 1. The maximum atomic E-state index is 14.4. The molecule has 1 amide bonds. The number of benzene rings is 2. The van der Waals surface area contributed by atoms with Gasteiger partial charge in [-0.2, -0.15) is 0 Å². The van der Waals surface area contributed by atoms with Gasteiger partial charge >= 0.3 is 12.1 Å². The van der Waals surface area contributed by atoms with Gasteiger partial charge in [-0.15, -0.1) is 0 Å². The van der Waals surface area contributed by atoms with Crippen molar-refractivity contribution in [2.75, 3.05) is 12.0 Å². The van der Waals surface area contributed by atoms with E-state index in [1.54, 1.807) is 24.0 Å². The number of imidazole rings is 1. The van der Waals surface area contributed by atoms with Crippen LogP contribution in [0.1, 0.15) is 73.7 Å². The maximum Gasteiger partial charge on any atom is 0.414 e.